The number of carbonyl (C=O) groups excluding carboxylic acids is 1. The zero-order valence-electron chi connectivity index (χ0n) is 9.47. The Morgan fingerprint density at radius 1 is 1.29 bits per heavy atom. The second kappa shape index (κ2) is 5.82. The third-order valence-electron chi connectivity index (χ3n) is 2.72. The highest BCUT2D eigenvalue weighted by Gasteiger charge is 2.20. The van der Waals surface area contributed by atoms with E-state index in [1.165, 1.54) is 0 Å². The molecule has 1 rings (SSSR count). The predicted molar refractivity (Wildman–Crippen MR) is 58.1 cm³/mol. The molecule has 0 aliphatic heterocycles. The van der Waals surface area contributed by atoms with E-state index in [-0.39, 0.29) is 12.3 Å². The highest BCUT2D eigenvalue weighted by molar-refractivity contribution is 5.96. The van der Waals surface area contributed by atoms with Crippen LogP contribution in [-0.2, 0) is 0 Å². The standard InChI is InChI=1S/C12H14F3NO/c1-2-7(6-16)5-10(17)8-3-4-9(13)12(15)11(8)14/h3-4,7H,2,5-6,16H2,1H3. The first kappa shape index (κ1) is 13.7. The first-order valence-electron chi connectivity index (χ1n) is 5.38. The van der Waals surface area contributed by atoms with Crippen molar-refractivity contribution in [1.29, 1.82) is 0 Å². The average molecular weight is 245 g/mol. The summed E-state index contributed by atoms with van der Waals surface area (Å²) in [6, 6.07) is 1.70. The van der Waals surface area contributed by atoms with Crippen LogP contribution >= 0.6 is 0 Å². The number of halogens is 3. The summed E-state index contributed by atoms with van der Waals surface area (Å²) < 4.78 is 38.9. The minimum Gasteiger partial charge on any atom is -0.330 e. The topological polar surface area (TPSA) is 43.1 Å². The number of ketones is 1. The van der Waals surface area contributed by atoms with Gasteiger partial charge in [0, 0.05) is 6.42 Å². The van der Waals surface area contributed by atoms with E-state index < -0.39 is 28.8 Å². The molecule has 0 saturated carbocycles. The molecule has 1 aromatic carbocycles. The Hall–Kier alpha value is -1.36. The van der Waals surface area contributed by atoms with Crippen LogP contribution in [0.1, 0.15) is 30.1 Å². The molecule has 0 aliphatic carbocycles. The Balaban J connectivity index is 2.93. The number of carbonyl (C=O) groups is 1. The normalized spacial score (nSPS) is 12.5. The van der Waals surface area contributed by atoms with E-state index in [1.54, 1.807) is 0 Å². The molecule has 0 radical (unpaired) electrons. The first-order valence-corrected chi connectivity index (χ1v) is 5.38. The van der Waals surface area contributed by atoms with Crippen LogP contribution in [0.2, 0.25) is 0 Å². The highest BCUT2D eigenvalue weighted by atomic mass is 19.2. The Morgan fingerprint density at radius 2 is 1.94 bits per heavy atom. The van der Waals surface area contributed by atoms with Crippen LogP contribution in [0.15, 0.2) is 12.1 Å². The van der Waals surface area contributed by atoms with Crippen LogP contribution in [-0.4, -0.2) is 12.3 Å². The summed E-state index contributed by atoms with van der Waals surface area (Å²) in [5.41, 5.74) is 5.00. The molecule has 0 spiro atoms. The molecule has 0 saturated heterocycles. The van der Waals surface area contributed by atoms with Crippen molar-refractivity contribution in [3.05, 3.63) is 35.1 Å². The zero-order chi connectivity index (χ0) is 13.0. The van der Waals surface area contributed by atoms with Gasteiger partial charge in [-0.3, -0.25) is 4.79 Å². The molecule has 0 aromatic heterocycles. The molecule has 2 nitrogen and oxygen atoms in total. The van der Waals surface area contributed by atoms with Crippen molar-refractivity contribution in [2.24, 2.45) is 11.7 Å². The predicted octanol–water partition coefficient (Wildman–Crippen LogP) is 2.66. The zero-order valence-corrected chi connectivity index (χ0v) is 9.47. The van der Waals surface area contributed by atoms with Crippen molar-refractivity contribution < 1.29 is 18.0 Å². The molecule has 0 bridgehead atoms. The quantitative estimate of drug-likeness (QED) is 0.640. The molecule has 2 N–H and O–H groups in total. The first-order chi connectivity index (χ1) is 8.01. The van der Waals surface area contributed by atoms with Gasteiger partial charge < -0.3 is 5.73 Å². The fraction of sp³-hybridized carbons (Fsp3) is 0.417. The van der Waals surface area contributed by atoms with E-state index in [9.17, 15) is 18.0 Å². The Kier molecular flexibility index (Phi) is 4.69. The summed E-state index contributed by atoms with van der Waals surface area (Å²) in [6.07, 6.45) is 0.711. The number of hydrogen-bond donors (Lipinski definition) is 1. The van der Waals surface area contributed by atoms with Gasteiger partial charge in [-0.05, 0) is 24.6 Å². The number of nitrogens with two attached hydrogens (primary N) is 1. The maximum Gasteiger partial charge on any atom is 0.195 e. The summed E-state index contributed by atoms with van der Waals surface area (Å²) in [5.74, 6) is -4.97. The number of rotatable bonds is 5. The number of hydrogen-bond acceptors (Lipinski definition) is 2. The van der Waals surface area contributed by atoms with Gasteiger partial charge in [0.2, 0.25) is 0 Å². The van der Waals surface area contributed by atoms with Crippen molar-refractivity contribution in [2.45, 2.75) is 19.8 Å². The summed E-state index contributed by atoms with van der Waals surface area (Å²) in [7, 11) is 0. The van der Waals surface area contributed by atoms with Gasteiger partial charge in [-0.2, -0.15) is 0 Å². The smallest absolute Gasteiger partial charge is 0.195 e. The van der Waals surface area contributed by atoms with Crippen molar-refractivity contribution >= 4 is 5.78 Å². The van der Waals surface area contributed by atoms with Gasteiger partial charge in [0.25, 0.3) is 0 Å². The fourth-order valence-electron chi connectivity index (χ4n) is 1.51. The van der Waals surface area contributed by atoms with Gasteiger partial charge in [0.1, 0.15) is 0 Å². The van der Waals surface area contributed by atoms with E-state index in [0.29, 0.717) is 13.0 Å². The molecular formula is C12H14F3NO. The fourth-order valence-corrected chi connectivity index (χ4v) is 1.51. The van der Waals surface area contributed by atoms with Crippen LogP contribution in [0, 0.1) is 23.4 Å². The Labute approximate surface area is 97.6 Å². The van der Waals surface area contributed by atoms with Crippen LogP contribution in [0.3, 0.4) is 0 Å². The minimum atomic E-state index is -1.61. The van der Waals surface area contributed by atoms with Gasteiger partial charge in [0.05, 0.1) is 5.56 Å². The third kappa shape index (κ3) is 3.06. The molecule has 0 heterocycles. The molecule has 94 valence electrons. The molecule has 5 heteroatoms. The second-order valence-corrected chi connectivity index (χ2v) is 3.86. The Morgan fingerprint density at radius 3 is 2.47 bits per heavy atom. The molecule has 0 amide bonds. The minimum absolute atomic E-state index is 0.0367. The highest BCUT2D eigenvalue weighted by Crippen LogP contribution is 2.19. The van der Waals surface area contributed by atoms with Crippen molar-refractivity contribution in [2.75, 3.05) is 6.54 Å². The van der Waals surface area contributed by atoms with Gasteiger partial charge in [-0.15, -0.1) is 0 Å². The summed E-state index contributed by atoms with van der Waals surface area (Å²) >= 11 is 0. The molecule has 17 heavy (non-hydrogen) atoms. The average Bonchev–Trinajstić information content (AvgIpc) is 2.32. The lowest BCUT2D eigenvalue weighted by Crippen LogP contribution is -2.18. The second-order valence-electron chi connectivity index (χ2n) is 3.86. The molecule has 1 atom stereocenters. The summed E-state index contributed by atoms with van der Waals surface area (Å²) in [5, 5.41) is 0. The molecule has 1 aromatic rings. The van der Waals surface area contributed by atoms with E-state index in [2.05, 4.69) is 0 Å². The Bertz CT molecular complexity index is 416. The van der Waals surface area contributed by atoms with E-state index >= 15 is 0 Å². The molecule has 1 unspecified atom stereocenters. The van der Waals surface area contributed by atoms with Crippen LogP contribution < -0.4 is 5.73 Å². The van der Waals surface area contributed by atoms with Crippen molar-refractivity contribution in [3.63, 3.8) is 0 Å². The third-order valence-corrected chi connectivity index (χ3v) is 2.72. The molecule has 0 aliphatic rings. The van der Waals surface area contributed by atoms with Gasteiger partial charge in [-0.1, -0.05) is 13.3 Å². The largest absolute Gasteiger partial charge is 0.330 e. The maximum atomic E-state index is 13.3. The van der Waals surface area contributed by atoms with Crippen LogP contribution in [0.25, 0.3) is 0 Å². The van der Waals surface area contributed by atoms with Gasteiger partial charge in [-0.25, -0.2) is 13.2 Å². The van der Waals surface area contributed by atoms with E-state index in [4.69, 9.17) is 5.73 Å². The lowest BCUT2D eigenvalue weighted by atomic mass is 9.96. The maximum absolute atomic E-state index is 13.3. The SMILES string of the molecule is CCC(CN)CC(=O)c1ccc(F)c(F)c1F. The van der Waals surface area contributed by atoms with Crippen LogP contribution in [0.4, 0.5) is 13.2 Å². The number of benzene rings is 1. The van der Waals surface area contributed by atoms with Crippen molar-refractivity contribution in [1.82, 2.24) is 0 Å². The molecule has 0 fully saturated rings. The van der Waals surface area contributed by atoms with Crippen molar-refractivity contribution in [3.8, 4) is 0 Å². The monoisotopic (exact) mass is 245 g/mol. The van der Waals surface area contributed by atoms with E-state index in [1.807, 2.05) is 6.92 Å². The summed E-state index contributed by atoms with van der Waals surface area (Å²) in [6.45, 7) is 2.15. The molecular weight excluding hydrogens is 231 g/mol. The van der Waals surface area contributed by atoms with Gasteiger partial charge in [0.15, 0.2) is 23.2 Å². The lowest BCUT2D eigenvalue weighted by molar-refractivity contribution is 0.0956. The number of Topliss-reactive ketones (excluding diaryl/α,β-unsaturated/α-hetero) is 1. The van der Waals surface area contributed by atoms with Crippen LogP contribution in [0.5, 0.6) is 0 Å². The van der Waals surface area contributed by atoms with E-state index in [0.717, 1.165) is 12.1 Å². The van der Waals surface area contributed by atoms with Gasteiger partial charge >= 0.3 is 0 Å². The summed E-state index contributed by atoms with van der Waals surface area (Å²) in [4.78, 5) is 11.7. The lowest BCUT2D eigenvalue weighted by Gasteiger charge is -2.11.